The Balaban J connectivity index is 1.81. The van der Waals surface area contributed by atoms with Gasteiger partial charge in [-0.1, -0.05) is 13.8 Å². The van der Waals surface area contributed by atoms with E-state index in [1.807, 2.05) is 7.05 Å². The first-order valence-corrected chi connectivity index (χ1v) is 8.40. The molecule has 2 atom stereocenters. The van der Waals surface area contributed by atoms with E-state index in [1.165, 1.54) is 6.42 Å². The third kappa shape index (κ3) is 1.69. The molecule has 22 heavy (non-hydrogen) atoms. The summed E-state index contributed by atoms with van der Waals surface area (Å²) in [6.45, 7) is 4.33. The molecule has 6 nitrogen and oxygen atoms in total. The van der Waals surface area contributed by atoms with Crippen molar-refractivity contribution < 1.29 is 4.79 Å². The first-order valence-electron chi connectivity index (χ1n) is 8.40. The van der Waals surface area contributed by atoms with Crippen molar-refractivity contribution in [3.05, 3.63) is 11.5 Å². The number of fused-ring (bicyclic) bond motifs is 5. The van der Waals surface area contributed by atoms with Crippen LogP contribution in [0.5, 0.6) is 0 Å². The number of aromatic amines is 1. The molecule has 1 saturated carbocycles. The van der Waals surface area contributed by atoms with Gasteiger partial charge in [-0.05, 0) is 32.1 Å². The van der Waals surface area contributed by atoms with E-state index >= 15 is 0 Å². The molecular weight excluding hydrogens is 278 g/mol. The fraction of sp³-hybridized carbons (Fsp3) is 0.688. The van der Waals surface area contributed by atoms with Gasteiger partial charge in [-0.3, -0.25) is 14.6 Å². The zero-order chi connectivity index (χ0) is 15.4. The van der Waals surface area contributed by atoms with Gasteiger partial charge in [0, 0.05) is 13.0 Å². The van der Waals surface area contributed by atoms with Crippen molar-refractivity contribution in [2.75, 3.05) is 11.9 Å². The zero-order valence-electron chi connectivity index (χ0n) is 13.5. The molecule has 3 heterocycles. The smallest absolute Gasteiger partial charge is 0.280 e. The van der Waals surface area contributed by atoms with Gasteiger partial charge in [0.15, 0.2) is 5.82 Å². The second-order valence-electron chi connectivity index (χ2n) is 6.56. The number of H-pyrrole nitrogens is 1. The van der Waals surface area contributed by atoms with Gasteiger partial charge in [0.2, 0.25) is 5.96 Å². The quantitative estimate of drug-likeness (QED) is 0.933. The van der Waals surface area contributed by atoms with Crippen LogP contribution in [0, 0.1) is 0 Å². The summed E-state index contributed by atoms with van der Waals surface area (Å²) in [5.41, 5.74) is 0.635. The Morgan fingerprint density at radius 3 is 2.82 bits per heavy atom. The van der Waals surface area contributed by atoms with Crippen LogP contribution >= 0.6 is 0 Å². The molecule has 6 heteroatoms. The molecule has 118 valence electrons. The van der Waals surface area contributed by atoms with Gasteiger partial charge in [0.25, 0.3) is 5.91 Å². The highest BCUT2D eigenvalue weighted by atomic mass is 16.2. The van der Waals surface area contributed by atoms with E-state index in [-0.39, 0.29) is 5.91 Å². The van der Waals surface area contributed by atoms with Gasteiger partial charge in [0.1, 0.15) is 11.5 Å². The van der Waals surface area contributed by atoms with E-state index in [9.17, 15) is 4.79 Å². The van der Waals surface area contributed by atoms with Crippen LogP contribution in [0.1, 0.15) is 68.2 Å². The molecule has 1 aromatic heterocycles. The second kappa shape index (κ2) is 4.83. The largest absolute Gasteiger partial charge is 0.336 e. The Bertz CT molecular complexity index is 645. The van der Waals surface area contributed by atoms with E-state index in [4.69, 9.17) is 9.98 Å². The number of carbonyl (C=O) groups excluding carboxylic acids is 1. The van der Waals surface area contributed by atoms with Gasteiger partial charge >= 0.3 is 0 Å². The highest BCUT2D eigenvalue weighted by Crippen LogP contribution is 2.40. The molecule has 3 aliphatic rings. The van der Waals surface area contributed by atoms with Crippen molar-refractivity contribution in [3.8, 4) is 0 Å². The number of hydrogen-bond donors (Lipinski definition) is 1. The molecule has 0 saturated heterocycles. The summed E-state index contributed by atoms with van der Waals surface area (Å²) in [7, 11) is 1.82. The van der Waals surface area contributed by atoms with Crippen LogP contribution < -0.4 is 4.90 Å². The number of guanidine groups is 1. The first-order chi connectivity index (χ1) is 10.7. The number of imidazole rings is 1. The molecule has 2 aliphatic heterocycles. The van der Waals surface area contributed by atoms with Crippen LogP contribution in [-0.2, 0) is 0 Å². The molecule has 1 aliphatic carbocycles. The predicted octanol–water partition coefficient (Wildman–Crippen LogP) is 2.50. The normalized spacial score (nSPS) is 26.4. The summed E-state index contributed by atoms with van der Waals surface area (Å²) in [5, 5.41) is 0. The van der Waals surface area contributed by atoms with Crippen LogP contribution in [0.4, 0.5) is 5.82 Å². The molecule has 0 spiro atoms. The molecule has 1 N–H and O–H groups in total. The maximum atomic E-state index is 12.6. The van der Waals surface area contributed by atoms with Gasteiger partial charge < -0.3 is 4.98 Å². The van der Waals surface area contributed by atoms with Crippen molar-refractivity contribution in [3.63, 3.8) is 0 Å². The summed E-state index contributed by atoms with van der Waals surface area (Å²) in [6, 6.07) is 0.701. The topological polar surface area (TPSA) is 64.6 Å². The van der Waals surface area contributed by atoms with Crippen molar-refractivity contribution in [1.29, 1.82) is 0 Å². The highest BCUT2D eigenvalue weighted by Gasteiger charge is 2.48. The number of amides is 1. The van der Waals surface area contributed by atoms with Crippen LogP contribution in [0.25, 0.3) is 0 Å². The minimum absolute atomic E-state index is 0.0188. The molecule has 0 bridgehead atoms. The summed E-state index contributed by atoms with van der Waals surface area (Å²) in [5.74, 6) is 2.90. The summed E-state index contributed by atoms with van der Waals surface area (Å²) < 4.78 is 0. The Hall–Kier alpha value is -1.85. The average molecular weight is 301 g/mol. The fourth-order valence-corrected chi connectivity index (χ4v) is 4.06. The molecule has 4 rings (SSSR count). The van der Waals surface area contributed by atoms with E-state index in [0.717, 1.165) is 43.3 Å². The molecule has 0 aromatic carbocycles. The van der Waals surface area contributed by atoms with E-state index in [2.05, 4.69) is 23.7 Å². The number of aliphatic imine (C=N–C) groups is 1. The van der Waals surface area contributed by atoms with Crippen LogP contribution in [0.15, 0.2) is 4.99 Å². The lowest BCUT2D eigenvalue weighted by molar-refractivity contribution is 0.0859. The monoisotopic (exact) mass is 301 g/mol. The SMILES string of the molecule is CCC(CC)c1nc2c([nH]1)C(=O)N(C)C1=N[C@@H]3CCC[C@@H]3N12. The minimum atomic E-state index is -0.0188. The number of anilines is 1. The highest BCUT2D eigenvalue weighted by molar-refractivity contribution is 6.18. The van der Waals surface area contributed by atoms with E-state index in [0.29, 0.717) is 23.7 Å². The van der Waals surface area contributed by atoms with Crippen LogP contribution in [0.2, 0.25) is 0 Å². The van der Waals surface area contributed by atoms with Gasteiger partial charge in [-0.15, -0.1) is 0 Å². The van der Waals surface area contributed by atoms with Crippen molar-refractivity contribution in [2.24, 2.45) is 4.99 Å². The van der Waals surface area contributed by atoms with Gasteiger partial charge in [-0.2, -0.15) is 0 Å². The third-order valence-corrected chi connectivity index (χ3v) is 5.39. The average Bonchev–Trinajstić information content (AvgIpc) is 3.19. The van der Waals surface area contributed by atoms with Crippen molar-refractivity contribution in [2.45, 2.75) is 64.0 Å². The van der Waals surface area contributed by atoms with Gasteiger partial charge in [-0.25, -0.2) is 9.98 Å². The van der Waals surface area contributed by atoms with Gasteiger partial charge in [0.05, 0.1) is 12.1 Å². The lowest BCUT2D eigenvalue weighted by Gasteiger charge is -2.33. The number of carbonyl (C=O) groups is 1. The van der Waals surface area contributed by atoms with Crippen molar-refractivity contribution >= 4 is 17.7 Å². The standard InChI is InChI=1S/C16H23N5O/c1-4-9(5-2)13-18-12-14(19-13)21-11-8-6-7-10(11)17-16(21)20(3)15(12)22/h9-11H,4-8H2,1-3H3,(H,18,19)/t10-,11+/m1/s1. The third-order valence-electron chi connectivity index (χ3n) is 5.39. The zero-order valence-corrected chi connectivity index (χ0v) is 13.5. The molecular formula is C16H23N5O. The molecule has 1 amide bonds. The number of nitrogens with one attached hydrogen (secondary N) is 1. The Labute approximate surface area is 130 Å². The second-order valence-corrected chi connectivity index (χ2v) is 6.56. The Morgan fingerprint density at radius 2 is 2.09 bits per heavy atom. The fourth-order valence-electron chi connectivity index (χ4n) is 4.06. The van der Waals surface area contributed by atoms with Crippen LogP contribution in [-0.4, -0.2) is 45.9 Å². The Kier molecular flexibility index (Phi) is 3.03. The lowest BCUT2D eigenvalue weighted by Crippen LogP contribution is -2.51. The molecule has 0 radical (unpaired) electrons. The minimum Gasteiger partial charge on any atom is -0.336 e. The molecule has 1 fully saturated rings. The number of rotatable bonds is 3. The van der Waals surface area contributed by atoms with Crippen LogP contribution in [0.3, 0.4) is 0 Å². The van der Waals surface area contributed by atoms with E-state index < -0.39 is 0 Å². The molecule has 0 unspecified atom stereocenters. The predicted molar refractivity (Wildman–Crippen MR) is 85.3 cm³/mol. The number of hydrogen-bond acceptors (Lipinski definition) is 4. The Morgan fingerprint density at radius 1 is 1.32 bits per heavy atom. The maximum absolute atomic E-state index is 12.6. The number of aromatic nitrogens is 2. The van der Waals surface area contributed by atoms with Crippen molar-refractivity contribution in [1.82, 2.24) is 14.9 Å². The maximum Gasteiger partial charge on any atom is 0.280 e. The summed E-state index contributed by atoms with van der Waals surface area (Å²) in [6.07, 6.45) is 5.51. The van der Waals surface area contributed by atoms with E-state index in [1.54, 1.807) is 4.90 Å². The lowest BCUT2D eigenvalue weighted by atomic mass is 10.0. The summed E-state index contributed by atoms with van der Waals surface area (Å²) in [4.78, 5) is 29.4. The first kappa shape index (κ1) is 13.8. The molecule has 1 aromatic rings. The number of nitrogens with zero attached hydrogens (tertiary/aromatic N) is 4. The summed E-state index contributed by atoms with van der Waals surface area (Å²) >= 11 is 0.